The van der Waals surface area contributed by atoms with Crippen molar-refractivity contribution in [1.82, 2.24) is 5.32 Å². The number of hydrogen-bond donors (Lipinski definition) is 4. The topological polar surface area (TPSA) is 95.6 Å². The number of thiophene rings is 1. The Bertz CT molecular complexity index is 468. The number of nitrogens with two attached hydrogens (primary N) is 1. The molecule has 2 rings (SSSR count). The fourth-order valence-electron chi connectivity index (χ4n) is 2.57. The number of carbonyl (C=O) groups is 1. The maximum atomic E-state index is 12.3. The fourth-order valence-corrected chi connectivity index (χ4v) is 4.00. The minimum atomic E-state index is -0.845. The van der Waals surface area contributed by atoms with Crippen molar-refractivity contribution in [2.45, 2.75) is 31.6 Å². The van der Waals surface area contributed by atoms with Gasteiger partial charge in [-0.1, -0.05) is 0 Å². The normalized spacial score (nSPS) is 30.2. The largest absolute Gasteiger partial charge is 0.390 e. The zero-order chi connectivity index (χ0) is 14.7. The van der Waals surface area contributed by atoms with Gasteiger partial charge in [-0.05, 0) is 52.7 Å². The van der Waals surface area contributed by atoms with Crippen LogP contribution in [-0.4, -0.2) is 34.9 Å². The predicted octanol–water partition coefficient (Wildman–Crippen LogP) is 0.833. The summed E-state index contributed by atoms with van der Waals surface area (Å²) in [5.74, 6) is -0.524. The van der Waals surface area contributed by atoms with E-state index in [1.807, 2.05) is 11.4 Å². The zero-order valence-electron chi connectivity index (χ0n) is 11.0. The van der Waals surface area contributed by atoms with Crippen LogP contribution in [0.3, 0.4) is 0 Å². The molecule has 0 bridgehead atoms. The van der Waals surface area contributed by atoms with Crippen LogP contribution in [0.2, 0.25) is 0 Å². The molecule has 5 nitrogen and oxygen atoms in total. The molecule has 7 heteroatoms. The Morgan fingerprint density at radius 2 is 2.15 bits per heavy atom. The van der Waals surface area contributed by atoms with Crippen molar-refractivity contribution >= 4 is 33.2 Å². The Kier molecular flexibility index (Phi) is 5.57. The van der Waals surface area contributed by atoms with Gasteiger partial charge in [0.15, 0.2) is 0 Å². The van der Waals surface area contributed by atoms with Gasteiger partial charge in [0.05, 0.1) is 18.8 Å². The van der Waals surface area contributed by atoms with Gasteiger partial charge >= 0.3 is 0 Å². The highest BCUT2D eigenvalue weighted by Gasteiger charge is 2.38. The molecule has 1 heterocycles. The van der Waals surface area contributed by atoms with Gasteiger partial charge in [0, 0.05) is 15.3 Å². The summed E-state index contributed by atoms with van der Waals surface area (Å²) in [7, 11) is 0. The summed E-state index contributed by atoms with van der Waals surface area (Å²) in [5.41, 5.74) is 5.68. The lowest BCUT2D eigenvalue weighted by molar-refractivity contribution is -0.133. The van der Waals surface area contributed by atoms with E-state index in [9.17, 15) is 15.0 Å². The van der Waals surface area contributed by atoms with Crippen molar-refractivity contribution in [3.05, 3.63) is 20.8 Å². The van der Waals surface area contributed by atoms with Gasteiger partial charge in [-0.25, -0.2) is 0 Å². The van der Waals surface area contributed by atoms with Crippen LogP contribution in [0.1, 0.15) is 17.7 Å². The van der Waals surface area contributed by atoms with Crippen LogP contribution in [0.15, 0.2) is 15.9 Å². The summed E-state index contributed by atoms with van der Waals surface area (Å²) in [6, 6.07) is 1.94. The lowest BCUT2D eigenvalue weighted by Crippen LogP contribution is -2.47. The molecule has 112 valence electrons. The van der Waals surface area contributed by atoms with E-state index in [0.29, 0.717) is 19.5 Å². The van der Waals surface area contributed by atoms with Crippen molar-refractivity contribution in [3.8, 4) is 0 Å². The molecular weight excluding hydrogens is 344 g/mol. The van der Waals surface area contributed by atoms with Gasteiger partial charge in [0.25, 0.3) is 0 Å². The van der Waals surface area contributed by atoms with E-state index in [0.717, 1.165) is 9.35 Å². The molecule has 20 heavy (non-hydrogen) atoms. The lowest BCUT2D eigenvalue weighted by atomic mass is 9.76. The van der Waals surface area contributed by atoms with Gasteiger partial charge in [0.1, 0.15) is 0 Å². The van der Waals surface area contributed by atoms with Crippen LogP contribution in [0.4, 0.5) is 0 Å². The molecule has 0 radical (unpaired) electrons. The number of hydrogen-bond acceptors (Lipinski definition) is 5. The predicted molar refractivity (Wildman–Crippen MR) is 81.1 cm³/mol. The monoisotopic (exact) mass is 362 g/mol. The summed E-state index contributed by atoms with van der Waals surface area (Å²) in [4.78, 5) is 13.3. The second-order valence-electron chi connectivity index (χ2n) is 5.12. The zero-order valence-corrected chi connectivity index (χ0v) is 13.4. The highest BCUT2D eigenvalue weighted by atomic mass is 79.9. The Morgan fingerprint density at radius 1 is 1.45 bits per heavy atom. The van der Waals surface area contributed by atoms with E-state index < -0.39 is 12.2 Å². The highest BCUT2D eigenvalue weighted by molar-refractivity contribution is 9.10. The van der Waals surface area contributed by atoms with Crippen LogP contribution in [0, 0.1) is 11.8 Å². The van der Waals surface area contributed by atoms with Gasteiger partial charge in [-0.2, -0.15) is 0 Å². The molecule has 0 saturated heterocycles. The van der Waals surface area contributed by atoms with E-state index in [4.69, 9.17) is 5.73 Å². The number of aliphatic hydroxyl groups excluding tert-OH is 2. The summed E-state index contributed by atoms with van der Waals surface area (Å²) in [5, 5.41) is 24.2. The number of nitrogens with one attached hydrogen (secondary N) is 1. The quantitative estimate of drug-likeness (QED) is 0.637. The number of aliphatic hydroxyl groups is 2. The second-order valence-corrected chi connectivity index (χ2v) is 6.97. The third kappa shape index (κ3) is 3.59. The van der Waals surface area contributed by atoms with E-state index >= 15 is 0 Å². The molecule has 1 amide bonds. The maximum absolute atomic E-state index is 12.3. The number of halogens is 1. The average Bonchev–Trinajstić information content (AvgIpc) is 2.84. The average molecular weight is 363 g/mol. The molecule has 1 saturated carbocycles. The second kappa shape index (κ2) is 7.00. The highest BCUT2D eigenvalue weighted by Crippen LogP contribution is 2.30. The Morgan fingerprint density at radius 3 is 2.75 bits per heavy atom. The summed E-state index contributed by atoms with van der Waals surface area (Å²) < 4.78 is 0.984. The van der Waals surface area contributed by atoms with E-state index in [2.05, 4.69) is 21.2 Å². The summed E-state index contributed by atoms with van der Waals surface area (Å²) >= 11 is 4.99. The van der Waals surface area contributed by atoms with Gasteiger partial charge in [-0.3, -0.25) is 4.79 Å². The molecule has 1 aromatic heterocycles. The Balaban J connectivity index is 1.95. The van der Waals surface area contributed by atoms with Crippen LogP contribution < -0.4 is 11.1 Å². The van der Waals surface area contributed by atoms with Crippen molar-refractivity contribution in [3.63, 3.8) is 0 Å². The molecule has 0 aromatic carbocycles. The summed E-state index contributed by atoms with van der Waals surface area (Å²) in [6.45, 7) is 0.800. The first-order valence-corrected chi connectivity index (χ1v) is 8.26. The number of amides is 1. The van der Waals surface area contributed by atoms with Crippen molar-refractivity contribution in [1.29, 1.82) is 0 Å². The first-order valence-electron chi connectivity index (χ1n) is 6.58. The first kappa shape index (κ1) is 15.9. The molecule has 1 aromatic rings. The molecule has 1 aliphatic rings. The molecule has 1 fully saturated rings. The lowest BCUT2D eigenvalue weighted by Gasteiger charge is -2.35. The smallest absolute Gasteiger partial charge is 0.223 e. The van der Waals surface area contributed by atoms with E-state index in [1.165, 1.54) is 0 Å². The number of carbonyl (C=O) groups excluding carboxylic acids is 1. The standard InChI is InChI=1S/C13H19BrN2O3S/c14-9-1-2-20-12(9)6-16-13(19)8-4-11(18)10(17)3-7(8)5-15/h1-2,7-8,10-11,17-18H,3-6,15H2,(H,16,19)/t7-,8-,10+,11-/m0/s1. The molecular formula is C13H19BrN2O3S. The maximum Gasteiger partial charge on any atom is 0.223 e. The molecule has 5 N–H and O–H groups in total. The molecule has 1 aliphatic carbocycles. The molecule has 0 unspecified atom stereocenters. The SMILES string of the molecule is NC[C@@H]1C[C@@H](O)[C@@H](O)C[C@@H]1C(=O)NCc1sccc1Br. The minimum Gasteiger partial charge on any atom is -0.390 e. The number of rotatable bonds is 4. The fraction of sp³-hybridized carbons (Fsp3) is 0.615. The van der Waals surface area contributed by atoms with Crippen molar-refractivity contribution < 1.29 is 15.0 Å². The summed E-state index contributed by atoms with van der Waals surface area (Å²) in [6.07, 6.45) is -0.986. The third-order valence-corrected chi connectivity index (χ3v) is 5.73. The molecule has 0 spiro atoms. The minimum absolute atomic E-state index is 0.0832. The van der Waals surface area contributed by atoms with Crippen molar-refractivity contribution in [2.75, 3.05) is 6.54 Å². The molecule has 4 atom stereocenters. The molecule has 0 aliphatic heterocycles. The Hall–Kier alpha value is -0.470. The van der Waals surface area contributed by atoms with Crippen LogP contribution in [0.5, 0.6) is 0 Å². The van der Waals surface area contributed by atoms with Gasteiger partial charge in [0.2, 0.25) is 5.91 Å². The van der Waals surface area contributed by atoms with Crippen LogP contribution >= 0.6 is 27.3 Å². The van der Waals surface area contributed by atoms with Gasteiger partial charge in [-0.15, -0.1) is 11.3 Å². The third-order valence-electron chi connectivity index (χ3n) is 3.81. The Labute approximate surface area is 130 Å². The van der Waals surface area contributed by atoms with E-state index in [1.54, 1.807) is 11.3 Å². The van der Waals surface area contributed by atoms with Crippen LogP contribution in [0.25, 0.3) is 0 Å². The van der Waals surface area contributed by atoms with Gasteiger partial charge < -0.3 is 21.3 Å². The van der Waals surface area contributed by atoms with E-state index in [-0.39, 0.29) is 24.2 Å². The van der Waals surface area contributed by atoms with Crippen molar-refractivity contribution in [2.24, 2.45) is 17.6 Å². The first-order chi connectivity index (χ1) is 9.52. The van der Waals surface area contributed by atoms with Crippen LogP contribution in [-0.2, 0) is 11.3 Å².